The van der Waals surface area contributed by atoms with Crippen LogP contribution in [-0.2, 0) is 6.42 Å². The molecule has 0 saturated carbocycles. The first-order chi connectivity index (χ1) is 7.19. The van der Waals surface area contributed by atoms with Gasteiger partial charge in [0.25, 0.3) is 0 Å². The molecule has 1 rings (SSSR count). The monoisotopic (exact) mass is 210 g/mol. The molecule has 0 fully saturated rings. The third kappa shape index (κ3) is 3.13. The molecule has 0 bridgehead atoms. The number of hydrogen-bond donors (Lipinski definition) is 1. The molecule has 0 unspecified atom stereocenters. The molecule has 15 heavy (non-hydrogen) atoms. The van der Waals surface area contributed by atoms with E-state index in [-0.39, 0.29) is 12.7 Å². The highest BCUT2D eigenvalue weighted by atomic mass is 16.5. The minimum Gasteiger partial charge on any atom is -0.496 e. The van der Waals surface area contributed by atoms with Crippen LogP contribution >= 0.6 is 0 Å². The molecular formula is C12H18O3. The van der Waals surface area contributed by atoms with Crippen molar-refractivity contribution in [1.82, 2.24) is 0 Å². The highest BCUT2D eigenvalue weighted by Gasteiger charge is 2.10. The van der Waals surface area contributed by atoms with Crippen molar-refractivity contribution in [3.05, 3.63) is 23.8 Å². The minimum absolute atomic E-state index is 0.0921. The lowest BCUT2D eigenvalue weighted by Gasteiger charge is -2.16. The van der Waals surface area contributed by atoms with Gasteiger partial charge in [-0.3, -0.25) is 0 Å². The van der Waals surface area contributed by atoms with Crippen LogP contribution in [0.25, 0.3) is 0 Å². The third-order valence-corrected chi connectivity index (χ3v) is 2.03. The van der Waals surface area contributed by atoms with Gasteiger partial charge >= 0.3 is 0 Å². The topological polar surface area (TPSA) is 38.7 Å². The smallest absolute Gasteiger partial charge is 0.126 e. The Bertz CT molecular complexity index is 308. The van der Waals surface area contributed by atoms with Crippen LogP contribution in [0.3, 0.4) is 0 Å². The van der Waals surface area contributed by atoms with Crippen molar-refractivity contribution in [2.24, 2.45) is 0 Å². The van der Waals surface area contributed by atoms with Gasteiger partial charge in [0.05, 0.1) is 13.2 Å². The summed E-state index contributed by atoms with van der Waals surface area (Å²) >= 11 is 0. The van der Waals surface area contributed by atoms with Gasteiger partial charge in [0.15, 0.2) is 0 Å². The molecule has 1 aromatic carbocycles. The van der Waals surface area contributed by atoms with E-state index in [0.717, 1.165) is 17.1 Å². The Hall–Kier alpha value is -1.22. The zero-order valence-corrected chi connectivity index (χ0v) is 9.49. The maximum Gasteiger partial charge on any atom is 0.126 e. The fourth-order valence-corrected chi connectivity index (χ4v) is 1.46. The standard InChI is InChI=1S/C12H18O3/c1-9(2)15-12-6-4-5-11(14-3)10(12)7-8-13/h4-6,9,13H,7-8H2,1-3H3. The van der Waals surface area contributed by atoms with Crippen molar-refractivity contribution in [3.8, 4) is 11.5 Å². The fourth-order valence-electron chi connectivity index (χ4n) is 1.46. The first-order valence-electron chi connectivity index (χ1n) is 5.12. The summed E-state index contributed by atoms with van der Waals surface area (Å²) in [4.78, 5) is 0. The van der Waals surface area contributed by atoms with Gasteiger partial charge in [-0.05, 0) is 26.0 Å². The summed E-state index contributed by atoms with van der Waals surface area (Å²) in [5, 5.41) is 8.99. The zero-order chi connectivity index (χ0) is 11.3. The summed E-state index contributed by atoms with van der Waals surface area (Å²) in [6.45, 7) is 4.04. The van der Waals surface area contributed by atoms with Crippen LogP contribution in [0.1, 0.15) is 19.4 Å². The van der Waals surface area contributed by atoms with Crippen LogP contribution < -0.4 is 9.47 Å². The molecular weight excluding hydrogens is 192 g/mol. The largest absolute Gasteiger partial charge is 0.496 e. The van der Waals surface area contributed by atoms with Gasteiger partial charge in [-0.15, -0.1) is 0 Å². The first kappa shape index (κ1) is 11.9. The Morgan fingerprint density at radius 3 is 2.47 bits per heavy atom. The Morgan fingerprint density at radius 1 is 1.27 bits per heavy atom. The molecule has 84 valence electrons. The lowest BCUT2D eigenvalue weighted by atomic mass is 10.1. The van der Waals surface area contributed by atoms with Gasteiger partial charge in [0, 0.05) is 18.6 Å². The quantitative estimate of drug-likeness (QED) is 0.808. The zero-order valence-electron chi connectivity index (χ0n) is 9.49. The second-order valence-corrected chi connectivity index (χ2v) is 3.58. The molecule has 0 radical (unpaired) electrons. The number of benzene rings is 1. The number of methoxy groups -OCH3 is 1. The van der Waals surface area contributed by atoms with Gasteiger partial charge in [-0.25, -0.2) is 0 Å². The van der Waals surface area contributed by atoms with Gasteiger partial charge in [-0.2, -0.15) is 0 Å². The van der Waals surface area contributed by atoms with Crippen LogP contribution in [0.2, 0.25) is 0 Å². The maximum atomic E-state index is 8.99. The number of rotatable bonds is 5. The van der Waals surface area contributed by atoms with E-state index >= 15 is 0 Å². The second kappa shape index (κ2) is 5.61. The maximum absolute atomic E-state index is 8.99. The summed E-state index contributed by atoms with van der Waals surface area (Å²) in [7, 11) is 1.62. The molecule has 3 heteroatoms. The Kier molecular flexibility index (Phi) is 4.43. The number of aliphatic hydroxyl groups excluding tert-OH is 1. The van der Waals surface area contributed by atoms with Gasteiger partial charge < -0.3 is 14.6 Å². The van der Waals surface area contributed by atoms with E-state index in [2.05, 4.69) is 0 Å². The number of aliphatic hydroxyl groups is 1. The summed E-state index contributed by atoms with van der Waals surface area (Å²) < 4.78 is 10.9. The van der Waals surface area contributed by atoms with E-state index in [1.807, 2.05) is 32.0 Å². The van der Waals surface area contributed by atoms with Crippen LogP contribution in [0, 0.1) is 0 Å². The van der Waals surface area contributed by atoms with E-state index < -0.39 is 0 Å². The van der Waals surface area contributed by atoms with Crippen LogP contribution in [0.5, 0.6) is 11.5 Å². The molecule has 0 aliphatic carbocycles. The molecule has 0 aromatic heterocycles. The van der Waals surface area contributed by atoms with E-state index in [1.165, 1.54) is 0 Å². The second-order valence-electron chi connectivity index (χ2n) is 3.58. The van der Waals surface area contributed by atoms with Gasteiger partial charge in [-0.1, -0.05) is 6.07 Å². The van der Waals surface area contributed by atoms with Gasteiger partial charge in [0.2, 0.25) is 0 Å². The average molecular weight is 210 g/mol. The van der Waals surface area contributed by atoms with E-state index in [4.69, 9.17) is 14.6 Å². The molecule has 1 N–H and O–H groups in total. The van der Waals surface area contributed by atoms with E-state index in [0.29, 0.717) is 6.42 Å². The van der Waals surface area contributed by atoms with Crippen molar-refractivity contribution in [2.45, 2.75) is 26.4 Å². The Balaban J connectivity index is 3.01. The van der Waals surface area contributed by atoms with Crippen molar-refractivity contribution in [1.29, 1.82) is 0 Å². The summed E-state index contributed by atoms with van der Waals surface area (Å²) in [6, 6.07) is 5.66. The number of hydrogen-bond acceptors (Lipinski definition) is 3. The molecule has 0 saturated heterocycles. The highest BCUT2D eigenvalue weighted by Crippen LogP contribution is 2.29. The molecule has 0 heterocycles. The molecule has 3 nitrogen and oxygen atoms in total. The van der Waals surface area contributed by atoms with Gasteiger partial charge in [0.1, 0.15) is 11.5 Å². The lowest BCUT2D eigenvalue weighted by Crippen LogP contribution is -2.09. The summed E-state index contributed by atoms with van der Waals surface area (Å²) in [5.74, 6) is 1.56. The normalized spacial score (nSPS) is 10.5. The minimum atomic E-state index is 0.0921. The summed E-state index contributed by atoms with van der Waals surface area (Å²) in [6.07, 6.45) is 0.668. The Labute approximate surface area is 90.6 Å². The van der Waals surface area contributed by atoms with Crippen molar-refractivity contribution >= 4 is 0 Å². The van der Waals surface area contributed by atoms with Crippen molar-refractivity contribution in [3.63, 3.8) is 0 Å². The SMILES string of the molecule is COc1cccc(OC(C)C)c1CCO. The predicted molar refractivity (Wildman–Crippen MR) is 59.5 cm³/mol. The molecule has 0 aliphatic rings. The molecule has 1 aromatic rings. The number of ether oxygens (including phenoxy) is 2. The van der Waals surface area contributed by atoms with Crippen LogP contribution in [0.4, 0.5) is 0 Å². The van der Waals surface area contributed by atoms with Crippen molar-refractivity contribution < 1.29 is 14.6 Å². The van der Waals surface area contributed by atoms with E-state index in [9.17, 15) is 0 Å². The Morgan fingerprint density at radius 2 is 1.93 bits per heavy atom. The van der Waals surface area contributed by atoms with Crippen LogP contribution in [-0.4, -0.2) is 24.9 Å². The fraction of sp³-hybridized carbons (Fsp3) is 0.500. The van der Waals surface area contributed by atoms with Crippen LogP contribution in [0.15, 0.2) is 18.2 Å². The lowest BCUT2D eigenvalue weighted by molar-refractivity contribution is 0.234. The average Bonchev–Trinajstić information content (AvgIpc) is 2.20. The summed E-state index contributed by atoms with van der Waals surface area (Å²) in [5.41, 5.74) is 0.927. The first-order valence-corrected chi connectivity index (χ1v) is 5.12. The molecule has 0 atom stereocenters. The predicted octanol–water partition coefficient (Wildman–Crippen LogP) is 2.02. The van der Waals surface area contributed by atoms with E-state index in [1.54, 1.807) is 7.11 Å². The molecule has 0 aliphatic heterocycles. The van der Waals surface area contributed by atoms with Crippen molar-refractivity contribution in [2.75, 3.05) is 13.7 Å². The molecule has 0 spiro atoms. The molecule has 0 amide bonds. The highest BCUT2D eigenvalue weighted by molar-refractivity contribution is 5.45. The third-order valence-electron chi connectivity index (χ3n) is 2.03.